The topological polar surface area (TPSA) is 70.0 Å². The van der Waals surface area contributed by atoms with E-state index in [2.05, 4.69) is 0 Å². The number of aliphatic hydroxyl groups is 1. The van der Waals surface area contributed by atoms with Crippen LogP contribution in [0.1, 0.15) is 45.4 Å². The molecular formula is C15H27NO4. The van der Waals surface area contributed by atoms with E-state index >= 15 is 0 Å². The van der Waals surface area contributed by atoms with Gasteiger partial charge in [0.15, 0.2) is 0 Å². The van der Waals surface area contributed by atoms with E-state index in [-0.39, 0.29) is 6.61 Å². The van der Waals surface area contributed by atoms with Gasteiger partial charge in [0, 0.05) is 19.2 Å². The highest BCUT2D eigenvalue weighted by Gasteiger charge is 2.41. The summed E-state index contributed by atoms with van der Waals surface area (Å²) in [5.41, 5.74) is 0. The van der Waals surface area contributed by atoms with Gasteiger partial charge in [-0.3, -0.25) is 9.69 Å². The number of piperidine rings is 1. The van der Waals surface area contributed by atoms with Crippen molar-refractivity contribution in [2.75, 3.05) is 19.8 Å². The zero-order valence-corrected chi connectivity index (χ0v) is 12.3. The van der Waals surface area contributed by atoms with E-state index in [0.717, 1.165) is 12.8 Å². The molecule has 1 aliphatic heterocycles. The van der Waals surface area contributed by atoms with Crippen LogP contribution in [0.25, 0.3) is 0 Å². The number of rotatable bonds is 6. The van der Waals surface area contributed by atoms with Crippen LogP contribution in [-0.4, -0.2) is 59.0 Å². The SMILES string of the molecule is CCOCC(O)CN1C(C(=O)O)CCC2CCCCC21. The molecule has 116 valence electrons. The highest BCUT2D eigenvalue weighted by molar-refractivity contribution is 5.73. The first-order valence-electron chi connectivity index (χ1n) is 7.87. The number of aliphatic hydroxyl groups excluding tert-OH is 1. The average molecular weight is 285 g/mol. The number of hydrogen-bond donors (Lipinski definition) is 2. The molecule has 0 aromatic heterocycles. The Bertz CT molecular complexity index is 323. The lowest BCUT2D eigenvalue weighted by molar-refractivity contribution is -0.149. The molecule has 2 fully saturated rings. The molecule has 2 N–H and O–H groups in total. The van der Waals surface area contributed by atoms with Crippen LogP contribution in [0.5, 0.6) is 0 Å². The quantitative estimate of drug-likeness (QED) is 0.774. The maximum Gasteiger partial charge on any atom is 0.320 e. The summed E-state index contributed by atoms with van der Waals surface area (Å²) in [6, 6.07) is -0.111. The maximum absolute atomic E-state index is 11.5. The Morgan fingerprint density at radius 3 is 2.75 bits per heavy atom. The largest absolute Gasteiger partial charge is 0.480 e. The van der Waals surface area contributed by atoms with Crippen LogP contribution in [0.3, 0.4) is 0 Å². The first kappa shape index (κ1) is 15.7. The second-order valence-electron chi connectivity index (χ2n) is 6.05. The van der Waals surface area contributed by atoms with Crippen LogP contribution in [0, 0.1) is 5.92 Å². The van der Waals surface area contributed by atoms with Crippen LogP contribution >= 0.6 is 0 Å². The number of fused-ring (bicyclic) bond motifs is 1. The molecule has 20 heavy (non-hydrogen) atoms. The third-order valence-electron chi connectivity index (χ3n) is 4.73. The van der Waals surface area contributed by atoms with Gasteiger partial charge in [0.1, 0.15) is 6.04 Å². The van der Waals surface area contributed by atoms with Crippen molar-refractivity contribution in [3.05, 3.63) is 0 Å². The Morgan fingerprint density at radius 1 is 1.30 bits per heavy atom. The van der Waals surface area contributed by atoms with E-state index in [1.807, 2.05) is 11.8 Å². The number of carboxylic acids is 1. The lowest BCUT2D eigenvalue weighted by Crippen LogP contribution is -2.57. The van der Waals surface area contributed by atoms with E-state index in [1.165, 1.54) is 19.3 Å². The van der Waals surface area contributed by atoms with Gasteiger partial charge >= 0.3 is 5.97 Å². The molecule has 4 atom stereocenters. The average Bonchev–Trinajstić information content (AvgIpc) is 2.45. The van der Waals surface area contributed by atoms with E-state index in [0.29, 0.717) is 31.5 Å². The predicted molar refractivity (Wildman–Crippen MR) is 75.6 cm³/mol. The Labute approximate surface area is 120 Å². The zero-order chi connectivity index (χ0) is 14.5. The lowest BCUT2D eigenvalue weighted by atomic mass is 9.76. The molecule has 0 amide bonds. The van der Waals surface area contributed by atoms with E-state index in [4.69, 9.17) is 4.74 Å². The standard InChI is InChI=1S/C15H27NO4/c1-2-20-10-12(17)9-16-13-6-4-3-5-11(13)7-8-14(16)15(18)19/h11-14,17H,2-10H2,1H3,(H,18,19). The number of carboxylic acid groups (broad SMARTS) is 1. The molecule has 0 spiro atoms. The van der Waals surface area contributed by atoms with Gasteiger partial charge in [-0.15, -0.1) is 0 Å². The highest BCUT2D eigenvalue weighted by atomic mass is 16.5. The zero-order valence-electron chi connectivity index (χ0n) is 12.3. The molecule has 5 heteroatoms. The Morgan fingerprint density at radius 2 is 2.05 bits per heavy atom. The van der Waals surface area contributed by atoms with Crippen LogP contribution in [0.4, 0.5) is 0 Å². The number of nitrogens with zero attached hydrogens (tertiary/aromatic N) is 1. The minimum atomic E-state index is -0.752. The first-order valence-corrected chi connectivity index (χ1v) is 7.87. The summed E-state index contributed by atoms with van der Waals surface area (Å²) in [6.45, 7) is 3.17. The summed E-state index contributed by atoms with van der Waals surface area (Å²) < 4.78 is 5.24. The summed E-state index contributed by atoms with van der Waals surface area (Å²) in [4.78, 5) is 13.5. The summed E-state index contributed by atoms with van der Waals surface area (Å²) in [5.74, 6) is -0.142. The van der Waals surface area contributed by atoms with Crippen molar-refractivity contribution in [3.63, 3.8) is 0 Å². The second-order valence-corrected chi connectivity index (χ2v) is 6.05. The molecule has 5 nitrogen and oxygen atoms in total. The third-order valence-corrected chi connectivity index (χ3v) is 4.73. The van der Waals surface area contributed by atoms with E-state index in [1.54, 1.807) is 0 Å². The minimum Gasteiger partial charge on any atom is -0.480 e. The molecule has 2 aliphatic rings. The van der Waals surface area contributed by atoms with Crippen LogP contribution < -0.4 is 0 Å². The Balaban J connectivity index is 2.02. The number of carbonyl (C=O) groups is 1. The molecule has 0 aromatic carbocycles. The fraction of sp³-hybridized carbons (Fsp3) is 0.933. The number of aliphatic carboxylic acids is 1. The summed E-state index contributed by atoms with van der Waals surface area (Å²) >= 11 is 0. The Hall–Kier alpha value is -0.650. The summed E-state index contributed by atoms with van der Waals surface area (Å²) in [5, 5.41) is 19.5. The minimum absolute atomic E-state index is 0.288. The van der Waals surface area contributed by atoms with Gasteiger partial charge in [0.25, 0.3) is 0 Å². The number of ether oxygens (including phenoxy) is 1. The Kier molecular flexibility index (Phi) is 5.81. The normalized spacial score (nSPS) is 32.6. The van der Waals surface area contributed by atoms with Gasteiger partial charge in [-0.1, -0.05) is 12.8 Å². The second kappa shape index (κ2) is 7.38. The van der Waals surface area contributed by atoms with E-state index < -0.39 is 18.1 Å². The van der Waals surface area contributed by atoms with Crippen molar-refractivity contribution in [1.82, 2.24) is 4.90 Å². The molecule has 1 heterocycles. The van der Waals surface area contributed by atoms with E-state index in [9.17, 15) is 15.0 Å². The van der Waals surface area contributed by atoms with Crippen molar-refractivity contribution in [3.8, 4) is 0 Å². The molecule has 1 aliphatic carbocycles. The van der Waals surface area contributed by atoms with Crippen molar-refractivity contribution in [1.29, 1.82) is 0 Å². The fourth-order valence-corrected chi connectivity index (χ4v) is 3.81. The molecule has 1 saturated heterocycles. The van der Waals surface area contributed by atoms with Gasteiger partial charge in [-0.05, 0) is 38.5 Å². The molecule has 0 aromatic rings. The molecule has 4 unspecified atom stereocenters. The number of β-amino-alcohol motifs (C(OH)–C–C–N with tert-alkyl or cyclic N) is 1. The lowest BCUT2D eigenvalue weighted by Gasteiger charge is -2.47. The molecule has 0 bridgehead atoms. The van der Waals surface area contributed by atoms with Crippen molar-refractivity contribution >= 4 is 5.97 Å². The van der Waals surface area contributed by atoms with Crippen molar-refractivity contribution in [2.45, 2.75) is 63.6 Å². The van der Waals surface area contributed by atoms with Crippen LogP contribution in [-0.2, 0) is 9.53 Å². The molecular weight excluding hydrogens is 258 g/mol. The number of hydrogen-bond acceptors (Lipinski definition) is 4. The summed E-state index contributed by atoms with van der Waals surface area (Å²) in [7, 11) is 0. The van der Waals surface area contributed by atoms with Gasteiger partial charge < -0.3 is 14.9 Å². The van der Waals surface area contributed by atoms with Crippen molar-refractivity contribution in [2.24, 2.45) is 5.92 Å². The monoisotopic (exact) mass is 285 g/mol. The van der Waals surface area contributed by atoms with Gasteiger partial charge in [-0.25, -0.2) is 0 Å². The van der Waals surface area contributed by atoms with Gasteiger partial charge in [0.05, 0.1) is 12.7 Å². The van der Waals surface area contributed by atoms with Crippen LogP contribution in [0.2, 0.25) is 0 Å². The van der Waals surface area contributed by atoms with Gasteiger partial charge in [0.2, 0.25) is 0 Å². The highest BCUT2D eigenvalue weighted by Crippen LogP contribution is 2.37. The molecule has 2 rings (SSSR count). The molecule has 1 saturated carbocycles. The number of likely N-dealkylation sites (tertiary alicyclic amines) is 1. The van der Waals surface area contributed by atoms with Crippen molar-refractivity contribution < 1.29 is 19.7 Å². The smallest absolute Gasteiger partial charge is 0.320 e. The first-order chi connectivity index (χ1) is 9.63. The maximum atomic E-state index is 11.5. The fourth-order valence-electron chi connectivity index (χ4n) is 3.81. The van der Waals surface area contributed by atoms with Gasteiger partial charge in [-0.2, -0.15) is 0 Å². The summed E-state index contributed by atoms with van der Waals surface area (Å²) in [6.07, 6.45) is 5.82. The van der Waals surface area contributed by atoms with Crippen LogP contribution in [0.15, 0.2) is 0 Å². The third kappa shape index (κ3) is 3.71. The molecule has 0 radical (unpaired) electrons. The predicted octanol–water partition coefficient (Wildman–Crippen LogP) is 1.49.